The van der Waals surface area contributed by atoms with Crippen LogP contribution in [0.5, 0.6) is 0 Å². The first-order valence-electron chi connectivity index (χ1n) is 3.47. The van der Waals surface area contributed by atoms with E-state index >= 15 is 0 Å². The number of nitrogens with zero attached hydrogens (tertiary/aromatic N) is 3. The topological polar surface area (TPSA) is 100 Å². The molecule has 0 aliphatic rings. The van der Waals surface area contributed by atoms with Gasteiger partial charge in [-0.25, -0.2) is 5.10 Å². The predicted octanol–water partition coefficient (Wildman–Crippen LogP) is -1.22. The Morgan fingerprint density at radius 2 is 2.46 bits per heavy atom. The van der Waals surface area contributed by atoms with Crippen LogP contribution >= 0.6 is 0 Å². The highest BCUT2D eigenvalue weighted by Crippen LogP contribution is 1.79. The van der Waals surface area contributed by atoms with Crippen LogP contribution in [0.4, 0.5) is 0 Å². The van der Waals surface area contributed by atoms with E-state index in [0.717, 1.165) is 4.57 Å². The average molecular weight is 184 g/mol. The van der Waals surface area contributed by atoms with Crippen LogP contribution in [0.3, 0.4) is 0 Å². The van der Waals surface area contributed by atoms with Crippen LogP contribution in [0.2, 0.25) is 0 Å². The first-order chi connectivity index (χ1) is 6.15. The van der Waals surface area contributed by atoms with Crippen LogP contribution in [-0.2, 0) is 6.54 Å². The van der Waals surface area contributed by atoms with Crippen LogP contribution < -0.4 is 11.1 Å². The summed E-state index contributed by atoms with van der Waals surface area (Å²) in [6, 6.07) is 0. The maximum Gasteiger partial charge on any atom is 0.330 e. The summed E-state index contributed by atoms with van der Waals surface area (Å²) in [7, 11) is 0. The molecule has 0 atom stereocenters. The lowest BCUT2D eigenvalue weighted by Gasteiger charge is -2.00. The van der Waals surface area contributed by atoms with E-state index in [2.05, 4.69) is 10.3 Å². The molecule has 1 aromatic rings. The Bertz CT molecular complexity index is 430. The summed E-state index contributed by atoms with van der Waals surface area (Å²) in [6.45, 7) is 1.57. The molecule has 70 valence electrons. The Labute approximate surface area is 72.3 Å². The van der Waals surface area contributed by atoms with Crippen LogP contribution in [0.15, 0.2) is 21.1 Å². The SMILES string of the molecule is C/C(Cn1cn[nH]c(=O)c1=O)=N\O. The fourth-order valence-electron chi connectivity index (χ4n) is 0.779. The highest BCUT2D eigenvalue weighted by atomic mass is 16.4. The van der Waals surface area contributed by atoms with E-state index in [-0.39, 0.29) is 6.54 Å². The van der Waals surface area contributed by atoms with Crippen molar-refractivity contribution in [3.8, 4) is 0 Å². The van der Waals surface area contributed by atoms with Gasteiger partial charge in [0.05, 0.1) is 12.3 Å². The molecule has 0 spiro atoms. The zero-order chi connectivity index (χ0) is 9.84. The molecule has 0 saturated heterocycles. The summed E-state index contributed by atoms with van der Waals surface area (Å²) in [6.07, 6.45) is 1.17. The van der Waals surface area contributed by atoms with E-state index in [1.807, 2.05) is 5.10 Å². The Morgan fingerprint density at radius 1 is 1.77 bits per heavy atom. The molecule has 0 unspecified atom stereocenters. The summed E-state index contributed by atoms with van der Waals surface area (Å²) < 4.78 is 1.05. The zero-order valence-corrected chi connectivity index (χ0v) is 6.89. The van der Waals surface area contributed by atoms with Crippen LogP contribution in [0.1, 0.15) is 6.92 Å². The Balaban J connectivity index is 3.10. The highest BCUT2D eigenvalue weighted by Gasteiger charge is 2.01. The number of hydrogen-bond donors (Lipinski definition) is 2. The third-order valence-electron chi connectivity index (χ3n) is 1.39. The second-order valence-corrected chi connectivity index (χ2v) is 2.45. The normalized spacial score (nSPS) is 11.6. The minimum absolute atomic E-state index is 0.0479. The van der Waals surface area contributed by atoms with Crippen molar-refractivity contribution in [3.05, 3.63) is 27.0 Å². The first kappa shape index (κ1) is 9.17. The zero-order valence-electron chi connectivity index (χ0n) is 6.89. The largest absolute Gasteiger partial charge is 0.411 e. The molecule has 1 heterocycles. The first-order valence-corrected chi connectivity index (χ1v) is 3.47. The second kappa shape index (κ2) is 3.65. The molecule has 0 aliphatic carbocycles. The van der Waals surface area contributed by atoms with Gasteiger partial charge in [-0.05, 0) is 6.92 Å². The molecule has 1 aromatic heterocycles. The smallest absolute Gasteiger partial charge is 0.330 e. The second-order valence-electron chi connectivity index (χ2n) is 2.45. The lowest BCUT2D eigenvalue weighted by Crippen LogP contribution is -2.37. The lowest BCUT2D eigenvalue weighted by molar-refractivity contribution is 0.316. The van der Waals surface area contributed by atoms with Crippen LogP contribution in [0, 0.1) is 0 Å². The van der Waals surface area contributed by atoms with Crippen molar-refractivity contribution in [3.63, 3.8) is 0 Å². The van der Waals surface area contributed by atoms with E-state index in [1.165, 1.54) is 13.3 Å². The van der Waals surface area contributed by atoms with E-state index in [9.17, 15) is 9.59 Å². The van der Waals surface area contributed by atoms with Gasteiger partial charge in [0.25, 0.3) is 0 Å². The summed E-state index contributed by atoms with van der Waals surface area (Å²) >= 11 is 0. The standard InChI is InChI=1S/C6H8N4O3/c1-4(9-13)2-10-3-7-8-5(11)6(10)12/h3,13H,2H2,1H3,(H,8,11)/b9-4+. The molecule has 13 heavy (non-hydrogen) atoms. The van der Waals surface area contributed by atoms with Gasteiger partial charge in [0.15, 0.2) is 0 Å². The average Bonchev–Trinajstić information content (AvgIpc) is 2.13. The van der Waals surface area contributed by atoms with E-state index in [0.29, 0.717) is 5.71 Å². The van der Waals surface area contributed by atoms with Crippen LogP contribution in [-0.4, -0.2) is 25.7 Å². The molecule has 7 heteroatoms. The van der Waals surface area contributed by atoms with E-state index in [1.54, 1.807) is 0 Å². The molecule has 0 saturated carbocycles. The van der Waals surface area contributed by atoms with Gasteiger partial charge in [-0.3, -0.25) is 14.2 Å². The number of nitrogens with one attached hydrogen (secondary N) is 1. The fourth-order valence-corrected chi connectivity index (χ4v) is 0.779. The summed E-state index contributed by atoms with van der Waals surface area (Å²) in [5.74, 6) is 0. The van der Waals surface area contributed by atoms with Crippen molar-refractivity contribution < 1.29 is 5.21 Å². The minimum Gasteiger partial charge on any atom is -0.411 e. The molecular formula is C6H8N4O3. The molecule has 2 N–H and O–H groups in total. The van der Waals surface area contributed by atoms with E-state index in [4.69, 9.17) is 5.21 Å². The monoisotopic (exact) mass is 184 g/mol. The Kier molecular flexibility index (Phi) is 2.58. The van der Waals surface area contributed by atoms with Gasteiger partial charge in [-0.1, -0.05) is 5.16 Å². The molecule has 1 rings (SSSR count). The number of oxime groups is 1. The molecular weight excluding hydrogens is 176 g/mol. The maximum atomic E-state index is 11.1. The van der Waals surface area contributed by atoms with Crippen molar-refractivity contribution in [2.45, 2.75) is 13.5 Å². The maximum absolute atomic E-state index is 11.1. The molecule has 0 bridgehead atoms. The van der Waals surface area contributed by atoms with Gasteiger partial charge in [0.1, 0.15) is 6.33 Å². The number of aromatic amines is 1. The highest BCUT2D eigenvalue weighted by molar-refractivity contribution is 5.80. The Morgan fingerprint density at radius 3 is 3.08 bits per heavy atom. The number of H-pyrrole nitrogens is 1. The van der Waals surface area contributed by atoms with E-state index < -0.39 is 11.1 Å². The van der Waals surface area contributed by atoms with Crippen molar-refractivity contribution in [1.29, 1.82) is 0 Å². The van der Waals surface area contributed by atoms with Crippen LogP contribution in [0.25, 0.3) is 0 Å². The predicted molar refractivity (Wildman–Crippen MR) is 44.0 cm³/mol. The van der Waals surface area contributed by atoms with Gasteiger partial charge in [-0.15, -0.1) is 0 Å². The van der Waals surface area contributed by atoms with Crippen molar-refractivity contribution in [2.24, 2.45) is 5.16 Å². The van der Waals surface area contributed by atoms with Crippen molar-refractivity contribution >= 4 is 5.71 Å². The number of hydrogen-bond acceptors (Lipinski definition) is 5. The number of rotatable bonds is 2. The summed E-state index contributed by atoms with van der Waals surface area (Å²) in [5.41, 5.74) is -1.21. The molecule has 0 amide bonds. The quantitative estimate of drug-likeness (QED) is 0.260. The Hall–Kier alpha value is -1.92. The van der Waals surface area contributed by atoms with Gasteiger partial charge < -0.3 is 5.21 Å². The fraction of sp³-hybridized carbons (Fsp3) is 0.333. The summed E-state index contributed by atoms with van der Waals surface area (Å²) in [4.78, 5) is 21.8. The molecule has 0 aliphatic heterocycles. The van der Waals surface area contributed by atoms with Gasteiger partial charge in [0.2, 0.25) is 0 Å². The molecule has 0 radical (unpaired) electrons. The summed E-state index contributed by atoms with van der Waals surface area (Å²) in [5, 5.41) is 16.6. The van der Waals surface area contributed by atoms with Gasteiger partial charge in [0, 0.05) is 0 Å². The molecule has 0 aromatic carbocycles. The molecule has 7 nitrogen and oxygen atoms in total. The van der Waals surface area contributed by atoms with Crippen molar-refractivity contribution in [1.82, 2.24) is 14.8 Å². The molecule has 0 fully saturated rings. The minimum atomic E-state index is -0.798. The van der Waals surface area contributed by atoms with Gasteiger partial charge >= 0.3 is 11.1 Å². The van der Waals surface area contributed by atoms with Crippen molar-refractivity contribution in [2.75, 3.05) is 0 Å². The number of aromatic nitrogens is 3. The third-order valence-corrected chi connectivity index (χ3v) is 1.39. The van der Waals surface area contributed by atoms with Gasteiger partial charge in [-0.2, -0.15) is 5.10 Å². The lowest BCUT2D eigenvalue weighted by atomic mass is 10.4. The third kappa shape index (κ3) is 2.01.